The lowest BCUT2D eigenvalue weighted by Gasteiger charge is -2.16. The SMILES string of the molecule is CCc1ccc(CC)c(C(=O)Cn2cc(S(=O)(=O)N3CCCC3)ccc2=O)c1. The molecule has 0 N–H and O–H groups in total. The third kappa shape index (κ3) is 4.10. The van der Waals surface area contributed by atoms with E-state index in [1.165, 1.54) is 27.2 Å². The Balaban J connectivity index is 1.93. The van der Waals surface area contributed by atoms with Gasteiger partial charge in [0.25, 0.3) is 5.56 Å². The first-order chi connectivity index (χ1) is 13.4. The molecule has 0 radical (unpaired) electrons. The van der Waals surface area contributed by atoms with Crippen molar-refractivity contribution in [3.8, 4) is 0 Å². The molecule has 6 nitrogen and oxygen atoms in total. The summed E-state index contributed by atoms with van der Waals surface area (Å²) in [4.78, 5) is 25.2. The predicted molar refractivity (Wildman–Crippen MR) is 108 cm³/mol. The van der Waals surface area contributed by atoms with E-state index in [2.05, 4.69) is 0 Å². The molecule has 1 aliphatic rings. The van der Waals surface area contributed by atoms with Crippen molar-refractivity contribution in [1.29, 1.82) is 0 Å². The number of benzene rings is 1. The zero-order valence-electron chi connectivity index (χ0n) is 16.3. The molecule has 1 saturated heterocycles. The fourth-order valence-corrected chi connectivity index (χ4v) is 5.05. The number of hydrogen-bond donors (Lipinski definition) is 0. The van der Waals surface area contributed by atoms with Crippen LogP contribution in [-0.4, -0.2) is 36.2 Å². The van der Waals surface area contributed by atoms with E-state index in [1.807, 2.05) is 32.0 Å². The maximum absolute atomic E-state index is 12.9. The molecule has 7 heteroatoms. The molecule has 0 spiro atoms. The fraction of sp³-hybridized carbons (Fsp3) is 0.429. The van der Waals surface area contributed by atoms with Gasteiger partial charge in [-0.3, -0.25) is 9.59 Å². The number of aromatic nitrogens is 1. The number of carbonyl (C=O) groups is 1. The minimum Gasteiger partial charge on any atom is -0.306 e. The first-order valence-corrected chi connectivity index (χ1v) is 11.2. The second-order valence-electron chi connectivity index (χ2n) is 7.06. The van der Waals surface area contributed by atoms with Crippen LogP contribution in [0.4, 0.5) is 0 Å². The Bertz CT molecular complexity index is 1030. The molecule has 0 aliphatic carbocycles. The van der Waals surface area contributed by atoms with E-state index in [0.717, 1.165) is 30.4 Å². The normalized spacial score (nSPS) is 15.1. The van der Waals surface area contributed by atoms with E-state index in [9.17, 15) is 18.0 Å². The largest absolute Gasteiger partial charge is 0.306 e. The van der Waals surface area contributed by atoms with E-state index in [1.54, 1.807) is 0 Å². The van der Waals surface area contributed by atoms with Crippen molar-refractivity contribution in [3.05, 3.63) is 63.6 Å². The number of hydrogen-bond acceptors (Lipinski definition) is 4. The molecule has 1 fully saturated rings. The summed E-state index contributed by atoms with van der Waals surface area (Å²) in [5.74, 6) is -0.190. The van der Waals surface area contributed by atoms with E-state index in [-0.39, 0.29) is 17.2 Å². The number of aryl methyl sites for hydroxylation is 2. The van der Waals surface area contributed by atoms with Crippen LogP contribution < -0.4 is 5.56 Å². The van der Waals surface area contributed by atoms with E-state index in [0.29, 0.717) is 25.1 Å². The third-order valence-corrected chi connectivity index (χ3v) is 7.12. The van der Waals surface area contributed by atoms with Crippen molar-refractivity contribution < 1.29 is 13.2 Å². The summed E-state index contributed by atoms with van der Waals surface area (Å²) < 4.78 is 28.2. The molecule has 0 atom stereocenters. The van der Waals surface area contributed by atoms with Crippen molar-refractivity contribution in [2.45, 2.75) is 51.0 Å². The zero-order valence-corrected chi connectivity index (χ0v) is 17.2. The average Bonchev–Trinajstić information content (AvgIpc) is 3.24. The van der Waals surface area contributed by atoms with Crippen molar-refractivity contribution in [2.24, 2.45) is 0 Å². The van der Waals surface area contributed by atoms with Crippen molar-refractivity contribution in [2.75, 3.05) is 13.1 Å². The first-order valence-electron chi connectivity index (χ1n) is 9.72. The van der Waals surface area contributed by atoms with Crippen LogP contribution in [0.3, 0.4) is 0 Å². The highest BCUT2D eigenvalue weighted by Crippen LogP contribution is 2.20. The Morgan fingerprint density at radius 1 is 1.04 bits per heavy atom. The van der Waals surface area contributed by atoms with Crippen LogP contribution in [-0.2, 0) is 29.4 Å². The Hall–Kier alpha value is -2.25. The van der Waals surface area contributed by atoms with Gasteiger partial charge in [0.15, 0.2) is 5.78 Å². The number of pyridine rings is 1. The number of rotatable bonds is 7. The van der Waals surface area contributed by atoms with Crippen LogP contribution in [0.25, 0.3) is 0 Å². The zero-order chi connectivity index (χ0) is 20.3. The quantitative estimate of drug-likeness (QED) is 0.667. The van der Waals surface area contributed by atoms with Crippen LogP contribution in [0.1, 0.15) is 48.2 Å². The molecular weight excluding hydrogens is 376 g/mol. The molecule has 1 aromatic carbocycles. The molecule has 3 rings (SSSR count). The average molecular weight is 403 g/mol. The fourth-order valence-electron chi connectivity index (χ4n) is 3.51. The molecule has 150 valence electrons. The lowest BCUT2D eigenvalue weighted by atomic mass is 9.97. The van der Waals surface area contributed by atoms with Gasteiger partial charge in [-0.1, -0.05) is 26.0 Å². The van der Waals surface area contributed by atoms with E-state index >= 15 is 0 Å². The topological polar surface area (TPSA) is 76.5 Å². The third-order valence-electron chi connectivity index (χ3n) is 5.24. The second-order valence-corrected chi connectivity index (χ2v) is 9.00. The van der Waals surface area contributed by atoms with Crippen LogP contribution >= 0.6 is 0 Å². The highest BCUT2D eigenvalue weighted by Gasteiger charge is 2.27. The predicted octanol–water partition coefficient (Wildman–Crippen LogP) is 2.64. The smallest absolute Gasteiger partial charge is 0.251 e. The Morgan fingerprint density at radius 2 is 1.75 bits per heavy atom. The van der Waals surface area contributed by atoms with Crippen LogP contribution in [0.2, 0.25) is 0 Å². The Morgan fingerprint density at radius 3 is 2.39 bits per heavy atom. The Kier molecular flexibility index (Phi) is 6.15. The Labute approximate surface area is 165 Å². The summed E-state index contributed by atoms with van der Waals surface area (Å²) in [6.45, 7) is 4.80. The van der Waals surface area contributed by atoms with Gasteiger partial charge in [-0.25, -0.2) is 8.42 Å². The van der Waals surface area contributed by atoms with Crippen molar-refractivity contribution in [1.82, 2.24) is 8.87 Å². The first kappa shape index (κ1) is 20.5. The number of carbonyl (C=O) groups excluding carboxylic acids is 1. The minimum atomic E-state index is -3.64. The molecule has 2 aromatic rings. The molecule has 1 aliphatic heterocycles. The number of ketones is 1. The van der Waals surface area contributed by atoms with Gasteiger partial charge in [0.05, 0.1) is 11.4 Å². The van der Waals surface area contributed by atoms with Gasteiger partial charge in [-0.15, -0.1) is 0 Å². The van der Waals surface area contributed by atoms with Crippen LogP contribution in [0.5, 0.6) is 0 Å². The highest BCUT2D eigenvalue weighted by molar-refractivity contribution is 7.89. The molecule has 0 unspecified atom stereocenters. The van der Waals surface area contributed by atoms with Gasteiger partial charge in [0.2, 0.25) is 10.0 Å². The van der Waals surface area contributed by atoms with Gasteiger partial charge in [-0.2, -0.15) is 4.31 Å². The summed E-state index contributed by atoms with van der Waals surface area (Å²) in [6.07, 6.45) is 4.50. The standard InChI is InChI=1S/C21H26N2O4S/c1-3-16-7-8-17(4-2)19(13-16)20(24)15-22-14-18(9-10-21(22)25)28(26,27)23-11-5-6-12-23/h7-10,13-14H,3-6,11-12,15H2,1-2H3. The number of Topliss-reactive ketones (excluding diaryl/α,β-unsaturated/α-hetero) is 1. The highest BCUT2D eigenvalue weighted by atomic mass is 32.2. The summed E-state index contributed by atoms with van der Waals surface area (Å²) in [5, 5.41) is 0. The van der Waals surface area contributed by atoms with E-state index in [4.69, 9.17) is 0 Å². The van der Waals surface area contributed by atoms with Crippen LogP contribution in [0, 0.1) is 0 Å². The molecule has 0 saturated carbocycles. The molecule has 1 aromatic heterocycles. The van der Waals surface area contributed by atoms with Gasteiger partial charge in [0, 0.05) is 30.9 Å². The summed E-state index contributed by atoms with van der Waals surface area (Å²) >= 11 is 0. The number of sulfonamides is 1. The minimum absolute atomic E-state index is 0.0554. The lowest BCUT2D eigenvalue weighted by molar-refractivity contribution is 0.0969. The van der Waals surface area contributed by atoms with Crippen LogP contribution in [0.15, 0.2) is 46.2 Å². The summed E-state index contributed by atoms with van der Waals surface area (Å²) in [5.41, 5.74) is 2.19. The summed E-state index contributed by atoms with van der Waals surface area (Å²) in [7, 11) is -3.64. The molecular formula is C21H26N2O4S. The van der Waals surface area contributed by atoms with Gasteiger partial charge in [0.1, 0.15) is 0 Å². The van der Waals surface area contributed by atoms with Crippen molar-refractivity contribution in [3.63, 3.8) is 0 Å². The molecule has 0 bridgehead atoms. The lowest BCUT2D eigenvalue weighted by Crippen LogP contribution is -2.30. The molecule has 0 amide bonds. The second kappa shape index (κ2) is 8.41. The maximum Gasteiger partial charge on any atom is 0.251 e. The van der Waals surface area contributed by atoms with Gasteiger partial charge < -0.3 is 4.57 Å². The summed E-state index contributed by atoms with van der Waals surface area (Å²) in [6, 6.07) is 8.37. The maximum atomic E-state index is 12.9. The molecule has 2 heterocycles. The number of nitrogens with zero attached hydrogens (tertiary/aromatic N) is 2. The van der Waals surface area contributed by atoms with Crippen molar-refractivity contribution >= 4 is 15.8 Å². The monoisotopic (exact) mass is 402 g/mol. The van der Waals surface area contributed by atoms with Gasteiger partial charge in [-0.05, 0) is 48.9 Å². The van der Waals surface area contributed by atoms with Gasteiger partial charge >= 0.3 is 0 Å². The molecule has 28 heavy (non-hydrogen) atoms. The van der Waals surface area contributed by atoms with E-state index < -0.39 is 15.6 Å².